The minimum Gasteiger partial charge on any atom is -0.466 e. The normalized spacial score (nSPS) is 22.0. The standard InChI is InChI=1S/C26H24FN7O2/c1-26(2)31-24(30-19-4-3-13-29-14-19)21-20(15-5-9-17(27)10-6-15)23(36-25(21)32-26)22(35)16-7-11-18(12-8-16)33-34-28/h3-14,20,23-24,30-32H,1-2H3. The van der Waals surface area contributed by atoms with Crippen LogP contribution in [0.3, 0.4) is 0 Å². The lowest BCUT2D eigenvalue weighted by Crippen LogP contribution is -2.62. The molecule has 0 saturated carbocycles. The average Bonchev–Trinajstić information content (AvgIpc) is 3.24. The van der Waals surface area contributed by atoms with Crippen LogP contribution in [0.25, 0.3) is 10.4 Å². The van der Waals surface area contributed by atoms with Crippen LogP contribution in [-0.2, 0) is 4.74 Å². The molecule has 182 valence electrons. The van der Waals surface area contributed by atoms with Gasteiger partial charge in [0.2, 0.25) is 5.78 Å². The summed E-state index contributed by atoms with van der Waals surface area (Å²) in [7, 11) is 0. The van der Waals surface area contributed by atoms with E-state index >= 15 is 0 Å². The summed E-state index contributed by atoms with van der Waals surface area (Å²) in [6, 6.07) is 16.2. The molecule has 0 radical (unpaired) electrons. The third-order valence-corrected chi connectivity index (χ3v) is 6.16. The lowest BCUT2D eigenvalue weighted by atomic mass is 9.82. The van der Waals surface area contributed by atoms with Crippen LogP contribution in [0.2, 0.25) is 0 Å². The molecule has 2 aromatic carbocycles. The zero-order valence-corrected chi connectivity index (χ0v) is 19.6. The molecule has 3 aromatic rings. The Bertz CT molecular complexity index is 1350. The maximum atomic E-state index is 13.8. The van der Waals surface area contributed by atoms with Crippen molar-refractivity contribution in [2.45, 2.75) is 37.7 Å². The number of carbonyl (C=O) groups excluding carboxylic acids is 1. The quantitative estimate of drug-likeness (QED) is 0.193. The SMILES string of the molecule is CC1(C)NC2=C(C(Nc3cccnc3)N1)C(c1ccc(F)cc1)C(C(=O)c1ccc(N=[N+]=[N-])cc1)O2. The number of hydrogen-bond donors (Lipinski definition) is 3. The number of azide groups is 1. The summed E-state index contributed by atoms with van der Waals surface area (Å²) in [4.78, 5) is 20.7. The van der Waals surface area contributed by atoms with Gasteiger partial charge >= 0.3 is 0 Å². The first-order valence-electron chi connectivity index (χ1n) is 11.4. The van der Waals surface area contributed by atoms with Crippen LogP contribution in [0, 0.1) is 5.82 Å². The summed E-state index contributed by atoms with van der Waals surface area (Å²) < 4.78 is 20.1. The van der Waals surface area contributed by atoms with Crippen LogP contribution in [0.15, 0.2) is 89.6 Å². The van der Waals surface area contributed by atoms with E-state index in [4.69, 9.17) is 10.3 Å². The van der Waals surface area contributed by atoms with Gasteiger partial charge in [-0.05, 0) is 49.2 Å². The monoisotopic (exact) mass is 485 g/mol. The number of ketones is 1. The van der Waals surface area contributed by atoms with Crippen LogP contribution < -0.4 is 16.0 Å². The summed E-state index contributed by atoms with van der Waals surface area (Å²) in [5.74, 6) is -0.617. The highest BCUT2D eigenvalue weighted by molar-refractivity contribution is 6.01. The van der Waals surface area contributed by atoms with E-state index in [0.29, 0.717) is 17.1 Å². The topological polar surface area (TPSA) is 124 Å². The fraction of sp³-hybridized carbons (Fsp3) is 0.231. The zero-order chi connectivity index (χ0) is 25.3. The Kier molecular flexibility index (Phi) is 6.05. The van der Waals surface area contributed by atoms with Crippen molar-refractivity contribution in [3.63, 3.8) is 0 Å². The molecule has 0 amide bonds. The Hall–Kier alpha value is -4.40. The molecular formula is C26H24FN7O2. The highest BCUT2D eigenvalue weighted by Gasteiger charge is 2.49. The van der Waals surface area contributed by atoms with Gasteiger partial charge in [-0.1, -0.05) is 41.5 Å². The Morgan fingerprint density at radius 1 is 1.17 bits per heavy atom. The van der Waals surface area contributed by atoms with Crippen LogP contribution in [0.4, 0.5) is 15.8 Å². The van der Waals surface area contributed by atoms with Crippen LogP contribution in [0.1, 0.15) is 35.7 Å². The fourth-order valence-electron chi connectivity index (χ4n) is 4.60. The van der Waals surface area contributed by atoms with Crippen LogP contribution in [0.5, 0.6) is 0 Å². The predicted octanol–water partition coefficient (Wildman–Crippen LogP) is 5.11. The smallest absolute Gasteiger partial charge is 0.204 e. The molecule has 0 bridgehead atoms. The Morgan fingerprint density at radius 3 is 2.58 bits per heavy atom. The molecule has 10 heteroatoms. The summed E-state index contributed by atoms with van der Waals surface area (Å²) in [5, 5.41) is 13.9. The number of aromatic nitrogens is 1. The number of nitrogens with zero attached hydrogens (tertiary/aromatic N) is 4. The van der Waals surface area contributed by atoms with Crippen molar-refractivity contribution in [3.8, 4) is 0 Å². The van der Waals surface area contributed by atoms with E-state index in [9.17, 15) is 9.18 Å². The molecule has 3 atom stereocenters. The summed E-state index contributed by atoms with van der Waals surface area (Å²) >= 11 is 0. The minimum absolute atomic E-state index is 0.244. The van der Waals surface area contributed by atoms with E-state index in [-0.39, 0.29) is 11.6 Å². The maximum Gasteiger partial charge on any atom is 0.204 e. The lowest BCUT2D eigenvalue weighted by molar-refractivity contribution is 0.0620. The van der Waals surface area contributed by atoms with Gasteiger partial charge in [0.25, 0.3) is 0 Å². The molecule has 9 nitrogen and oxygen atoms in total. The second-order valence-electron chi connectivity index (χ2n) is 9.17. The predicted molar refractivity (Wildman–Crippen MR) is 133 cm³/mol. The molecule has 3 unspecified atom stereocenters. The van der Waals surface area contributed by atoms with E-state index in [1.807, 2.05) is 26.0 Å². The Balaban J connectivity index is 1.56. The van der Waals surface area contributed by atoms with E-state index in [1.54, 1.807) is 48.8 Å². The summed E-state index contributed by atoms with van der Waals surface area (Å²) in [5.41, 5.74) is 11.3. The second kappa shape index (κ2) is 9.33. The highest BCUT2D eigenvalue weighted by atomic mass is 19.1. The van der Waals surface area contributed by atoms with E-state index in [1.165, 1.54) is 12.1 Å². The summed E-state index contributed by atoms with van der Waals surface area (Å²) in [6.07, 6.45) is 2.11. The fourth-order valence-corrected chi connectivity index (χ4v) is 4.60. The molecule has 1 aromatic heterocycles. The number of ether oxygens (including phenoxy) is 1. The van der Waals surface area contributed by atoms with Crippen molar-refractivity contribution in [1.82, 2.24) is 15.6 Å². The van der Waals surface area contributed by atoms with Crippen molar-refractivity contribution in [1.29, 1.82) is 0 Å². The van der Waals surface area contributed by atoms with Crippen LogP contribution >= 0.6 is 0 Å². The van der Waals surface area contributed by atoms with E-state index in [0.717, 1.165) is 16.8 Å². The van der Waals surface area contributed by atoms with Gasteiger partial charge in [-0.2, -0.15) is 0 Å². The summed E-state index contributed by atoms with van der Waals surface area (Å²) in [6.45, 7) is 3.93. The van der Waals surface area contributed by atoms with Crippen LogP contribution in [-0.4, -0.2) is 28.7 Å². The van der Waals surface area contributed by atoms with Gasteiger partial charge in [-0.15, -0.1) is 0 Å². The number of halogens is 1. The average molecular weight is 486 g/mol. The molecule has 0 fully saturated rings. The van der Waals surface area contributed by atoms with Crippen molar-refractivity contribution >= 4 is 17.2 Å². The molecule has 2 aliphatic rings. The first-order valence-corrected chi connectivity index (χ1v) is 11.4. The van der Waals surface area contributed by atoms with Gasteiger partial charge in [0.1, 0.15) is 12.0 Å². The number of benzene rings is 2. The van der Waals surface area contributed by atoms with Crippen molar-refractivity contribution < 1.29 is 13.9 Å². The Labute approximate surface area is 207 Å². The van der Waals surface area contributed by atoms with E-state index < -0.39 is 23.9 Å². The van der Waals surface area contributed by atoms with Gasteiger partial charge < -0.3 is 15.4 Å². The number of anilines is 1. The Morgan fingerprint density at radius 2 is 1.92 bits per heavy atom. The first kappa shape index (κ1) is 23.3. The third-order valence-electron chi connectivity index (χ3n) is 6.16. The van der Waals surface area contributed by atoms with Crippen molar-refractivity contribution in [2.24, 2.45) is 5.11 Å². The molecule has 0 aliphatic carbocycles. The second-order valence-corrected chi connectivity index (χ2v) is 9.17. The molecule has 2 aliphatic heterocycles. The van der Waals surface area contributed by atoms with E-state index in [2.05, 4.69) is 31.0 Å². The lowest BCUT2D eigenvalue weighted by Gasteiger charge is -2.40. The molecule has 0 spiro atoms. The molecule has 0 saturated heterocycles. The number of rotatable bonds is 6. The number of nitrogens with one attached hydrogen (secondary N) is 3. The minimum atomic E-state index is -0.896. The zero-order valence-electron chi connectivity index (χ0n) is 19.6. The molecular weight excluding hydrogens is 461 g/mol. The highest BCUT2D eigenvalue weighted by Crippen LogP contribution is 2.44. The van der Waals surface area contributed by atoms with Crippen molar-refractivity contribution in [2.75, 3.05) is 5.32 Å². The number of Topliss-reactive ketones (excluding diaryl/α,β-unsaturated/α-hetero) is 1. The molecule has 3 heterocycles. The first-order chi connectivity index (χ1) is 17.3. The van der Waals surface area contributed by atoms with Gasteiger partial charge in [-0.3, -0.25) is 15.1 Å². The van der Waals surface area contributed by atoms with Gasteiger partial charge in [0, 0.05) is 34.1 Å². The van der Waals surface area contributed by atoms with Gasteiger partial charge in [0.05, 0.1) is 17.3 Å². The number of pyridine rings is 1. The maximum absolute atomic E-state index is 13.8. The van der Waals surface area contributed by atoms with Gasteiger partial charge in [-0.25, -0.2) is 4.39 Å². The molecule has 5 rings (SSSR count). The largest absolute Gasteiger partial charge is 0.466 e. The third kappa shape index (κ3) is 4.59. The number of carbonyl (C=O) groups is 1. The molecule has 36 heavy (non-hydrogen) atoms. The van der Waals surface area contributed by atoms with Crippen molar-refractivity contribution in [3.05, 3.63) is 112 Å². The number of hydrogen-bond acceptors (Lipinski definition) is 7. The molecule has 3 N–H and O–H groups in total. The van der Waals surface area contributed by atoms with Gasteiger partial charge in [0.15, 0.2) is 12.0 Å².